The Hall–Kier alpha value is -4.02. The fraction of sp³-hybridized carbons (Fsp3) is 0.231. The highest BCUT2D eigenvalue weighted by Crippen LogP contribution is 2.39. The predicted molar refractivity (Wildman–Crippen MR) is 132 cm³/mol. The number of pyridine rings is 2. The fourth-order valence-corrected chi connectivity index (χ4v) is 5.58. The van der Waals surface area contributed by atoms with Gasteiger partial charge in [0.1, 0.15) is 12.3 Å². The standard InChI is InChI=1S/C26H21N3O6S/c1-2-26(32)20-10-22-23-18(12-28(22)24(30)19(20)14-34-25(26)31)17(11-27-35-13-15-6-5-9-36-15)16-7-3-4-8-21(16)29(23)33/h3-11,32H,2,12-14H2,1H3/b27-11+/t26-/m0/s1. The summed E-state index contributed by atoms with van der Waals surface area (Å²) >= 11 is 1.56. The average molecular weight is 504 g/mol. The van der Waals surface area contributed by atoms with Crippen LogP contribution < -0.4 is 10.3 Å². The van der Waals surface area contributed by atoms with E-state index < -0.39 is 17.1 Å². The van der Waals surface area contributed by atoms with Gasteiger partial charge in [-0.05, 0) is 30.0 Å². The van der Waals surface area contributed by atoms with Crippen LogP contribution in [-0.4, -0.2) is 21.9 Å². The maximum Gasteiger partial charge on any atom is 0.343 e. The van der Waals surface area contributed by atoms with E-state index >= 15 is 0 Å². The highest BCUT2D eigenvalue weighted by Gasteiger charge is 2.46. The van der Waals surface area contributed by atoms with Gasteiger partial charge in [0, 0.05) is 22.1 Å². The maximum absolute atomic E-state index is 13.6. The van der Waals surface area contributed by atoms with E-state index in [-0.39, 0.29) is 36.4 Å². The summed E-state index contributed by atoms with van der Waals surface area (Å²) < 4.78 is 7.41. The first-order chi connectivity index (χ1) is 17.4. The van der Waals surface area contributed by atoms with Crippen molar-refractivity contribution >= 4 is 34.4 Å². The summed E-state index contributed by atoms with van der Waals surface area (Å²) in [4.78, 5) is 32.4. The topological polar surface area (TPSA) is 117 Å². The van der Waals surface area contributed by atoms with Crippen LogP contribution in [0, 0.1) is 5.21 Å². The Labute approximate surface area is 209 Å². The second kappa shape index (κ2) is 8.28. The molecule has 6 rings (SSSR count). The third-order valence-electron chi connectivity index (χ3n) is 6.87. The molecule has 0 amide bonds. The van der Waals surface area contributed by atoms with Crippen LogP contribution >= 0.6 is 11.3 Å². The number of rotatable bonds is 5. The van der Waals surface area contributed by atoms with Crippen LogP contribution in [0.25, 0.3) is 22.3 Å². The van der Waals surface area contributed by atoms with Crippen molar-refractivity contribution in [2.75, 3.05) is 0 Å². The van der Waals surface area contributed by atoms with E-state index in [1.165, 1.54) is 4.57 Å². The minimum atomic E-state index is -1.95. The number of oxime groups is 1. The van der Waals surface area contributed by atoms with Gasteiger partial charge in [0.25, 0.3) is 5.56 Å². The van der Waals surface area contributed by atoms with Crippen molar-refractivity contribution in [3.8, 4) is 11.4 Å². The molecule has 2 aliphatic rings. The van der Waals surface area contributed by atoms with Crippen molar-refractivity contribution in [1.29, 1.82) is 0 Å². The number of hydrogen-bond donors (Lipinski definition) is 1. The monoisotopic (exact) mass is 503 g/mol. The first-order valence-electron chi connectivity index (χ1n) is 11.5. The highest BCUT2D eigenvalue weighted by molar-refractivity contribution is 7.09. The number of ether oxygens (including phenoxy) is 1. The molecule has 2 aliphatic heterocycles. The molecule has 182 valence electrons. The molecule has 0 saturated carbocycles. The third-order valence-corrected chi connectivity index (χ3v) is 7.72. The summed E-state index contributed by atoms with van der Waals surface area (Å²) in [5.41, 5.74) is 0.349. The molecule has 9 nitrogen and oxygen atoms in total. The highest BCUT2D eigenvalue weighted by atomic mass is 32.1. The van der Waals surface area contributed by atoms with Crippen molar-refractivity contribution < 1.29 is 24.2 Å². The lowest BCUT2D eigenvalue weighted by Crippen LogP contribution is -2.44. The lowest BCUT2D eigenvalue weighted by Gasteiger charge is -2.31. The van der Waals surface area contributed by atoms with Gasteiger partial charge in [-0.2, -0.15) is 4.73 Å². The number of esters is 1. The quantitative estimate of drug-likeness (QED) is 0.130. The van der Waals surface area contributed by atoms with Gasteiger partial charge in [0.05, 0.1) is 29.3 Å². The van der Waals surface area contributed by atoms with Gasteiger partial charge in [0.15, 0.2) is 12.2 Å². The molecule has 0 radical (unpaired) electrons. The molecule has 1 N–H and O–H groups in total. The summed E-state index contributed by atoms with van der Waals surface area (Å²) in [6, 6.07) is 12.6. The van der Waals surface area contributed by atoms with E-state index in [1.807, 2.05) is 29.6 Å². The molecule has 3 aromatic heterocycles. The second-order valence-electron chi connectivity index (χ2n) is 8.74. The zero-order valence-electron chi connectivity index (χ0n) is 19.3. The molecule has 0 bridgehead atoms. The van der Waals surface area contributed by atoms with Gasteiger partial charge in [0.2, 0.25) is 11.2 Å². The zero-order valence-corrected chi connectivity index (χ0v) is 20.1. The molecule has 0 spiro atoms. The van der Waals surface area contributed by atoms with Gasteiger partial charge < -0.3 is 19.9 Å². The number of para-hydroxylation sites is 1. The minimum Gasteiger partial charge on any atom is -0.618 e. The number of fused-ring (bicyclic) bond motifs is 5. The zero-order chi connectivity index (χ0) is 25.0. The average Bonchev–Trinajstić information content (AvgIpc) is 3.55. The Bertz CT molecular complexity index is 1630. The number of carbonyl (C=O) groups excluding carboxylic acids is 1. The van der Waals surface area contributed by atoms with Crippen LogP contribution in [0.5, 0.6) is 0 Å². The number of nitrogens with zero attached hydrogens (tertiary/aromatic N) is 3. The third kappa shape index (κ3) is 3.18. The molecule has 36 heavy (non-hydrogen) atoms. The number of aliphatic hydroxyl groups is 1. The van der Waals surface area contributed by atoms with Crippen LogP contribution in [-0.2, 0) is 39.7 Å². The van der Waals surface area contributed by atoms with E-state index in [0.717, 1.165) is 9.61 Å². The molecule has 10 heteroatoms. The van der Waals surface area contributed by atoms with Gasteiger partial charge in [-0.3, -0.25) is 9.36 Å². The van der Waals surface area contributed by atoms with E-state index in [9.17, 15) is 19.9 Å². The lowest BCUT2D eigenvalue weighted by atomic mass is 9.86. The molecule has 1 atom stereocenters. The first kappa shape index (κ1) is 22.4. The van der Waals surface area contributed by atoms with Crippen LogP contribution in [0.3, 0.4) is 0 Å². The lowest BCUT2D eigenvalue weighted by molar-refractivity contribution is -0.565. The molecule has 4 aromatic rings. The Kier molecular flexibility index (Phi) is 5.16. The van der Waals surface area contributed by atoms with E-state index in [1.54, 1.807) is 42.7 Å². The Morgan fingerprint density at radius 2 is 2.11 bits per heavy atom. The van der Waals surface area contributed by atoms with E-state index in [4.69, 9.17) is 9.57 Å². The number of thiophene rings is 1. The molecule has 0 fully saturated rings. The Morgan fingerprint density at radius 1 is 1.28 bits per heavy atom. The molecular weight excluding hydrogens is 482 g/mol. The summed E-state index contributed by atoms with van der Waals surface area (Å²) in [5, 5.41) is 31.4. The Balaban J connectivity index is 1.54. The van der Waals surface area contributed by atoms with Gasteiger partial charge in [-0.25, -0.2) is 4.79 Å². The van der Waals surface area contributed by atoms with Crippen molar-refractivity contribution in [3.05, 3.63) is 90.5 Å². The second-order valence-corrected chi connectivity index (χ2v) is 9.77. The summed E-state index contributed by atoms with van der Waals surface area (Å²) in [6.45, 7) is 1.87. The number of carbonyl (C=O) groups is 1. The molecule has 5 heterocycles. The number of cyclic esters (lactones) is 1. The van der Waals surface area contributed by atoms with Gasteiger partial charge >= 0.3 is 5.97 Å². The van der Waals surface area contributed by atoms with Crippen LogP contribution in [0.4, 0.5) is 0 Å². The van der Waals surface area contributed by atoms with Crippen molar-refractivity contribution in [1.82, 2.24) is 4.57 Å². The molecule has 0 saturated heterocycles. The van der Waals surface area contributed by atoms with Crippen molar-refractivity contribution in [3.63, 3.8) is 0 Å². The van der Waals surface area contributed by atoms with Gasteiger partial charge in [-0.1, -0.05) is 30.3 Å². The molecule has 0 unspecified atom stereocenters. The number of aromatic nitrogens is 2. The molecular formula is C26H21N3O6S. The largest absolute Gasteiger partial charge is 0.618 e. The summed E-state index contributed by atoms with van der Waals surface area (Å²) in [6.07, 6.45) is 1.60. The van der Waals surface area contributed by atoms with E-state index in [2.05, 4.69) is 5.16 Å². The summed E-state index contributed by atoms with van der Waals surface area (Å²) in [7, 11) is 0. The van der Waals surface area contributed by atoms with Crippen molar-refractivity contribution in [2.24, 2.45) is 5.16 Å². The Morgan fingerprint density at radius 3 is 2.89 bits per heavy atom. The SMILES string of the molecule is CC[C@@]1(O)C(=O)OCc2c1cc1n(c2=O)Cc2c(/C=N/OCc3cccs3)c3ccccc3[n+]([O-])c2-1. The molecule has 0 aliphatic carbocycles. The van der Waals surface area contributed by atoms with Crippen molar-refractivity contribution in [2.45, 2.75) is 38.7 Å². The smallest absolute Gasteiger partial charge is 0.343 e. The number of hydrogen-bond acceptors (Lipinski definition) is 8. The van der Waals surface area contributed by atoms with E-state index in [0.29, 0.717) is 34.3 Å². The minimum absolute atomic E-state index is 0.0309. The van der Waals surface area contributed by atoms with Gasteiger partial charge in [-0.15, -0.1) is 11.3 Å². The normalized spacial score (nSPS) is 18.2. The predicted octanol–water partition coefficient (Wildman–Crippen LogP) is 2.93. The molecule has 1 aromatic carbocycles. The first-order valence-corrected chi connectivity index (χ1v) is 12.3. The van der Waals surface area contributed by atoms with Crippen LogP contribution in [0.15, 0.2) is 57.8 Å². The van der Waals surface area contributed by atoms with Crippen LogP contribution in [0.1, 0.15) is 40.5 Å². The fourth-order valence-electron chi connectivity index (χ4n) is 4.97. The summed E-state index contributed by atoms with van der Waals surface area (Å²) in [5.74, 6) is -0.802. The number of benzene rings is 1. The maximum atomic E-state index is 13.6. The van der Waals surface area contributed by atoms with Crippen LogP contribution in [0.2, 0.25) is 0 Å².